The molecule has 142 valence electrons. The molecule has 7 nitrogen and oxygen atoms in total. The van der Waals surface area contributed by atoms with Crippen LogP contribution in [0.4, 0.5) is 0 Å². The van der Waals surface area contributed by atoms with Crippen LogP contribution in [0.15, 0.2) is 15.5 Å². The highest BCUT2D eigenvalue weighted by Crippen LogP contribution is 2.40. The minimum absolute atomic E-state index is 0. The summed E-state index contributed by atoms with van der Waals surface area (Å²) in [7, 11) is 1.62. The van der Waals surface area contributed by atoms with Gasteiger partial charge in [0.2, 0.25) is 5.71 Å². The third-order valence-corrected chi connectivity index (χ3v) is 5.85. The number of fused-ring (bicyclic) bond motifs is 3. The van der Waals surface area contributed by atoms with Gasteiger partial charge in [0.15, 0.2) is 0 Å². The maximum atomic E-state index is 13.0. The molecule has 2 atom stereocenters. The molecule has 0 radical (unpaired) electrons. The number of rotatable bonds is 2. The first-order valence-corrected chi connectivity index (χ1v) is 8.97. The molecule has 2 heterocycles. The highest BCUT2D eigenvalue weighted by molar-refractivity contribution is 6.06. The smallest absolute Gasteiger partial charge is 0.265 e. The Morgan fingerprint density at radius 1 is 1.35 bits per heavy atom. The second kappa shape index (κ2) is 7.04. The number of nitrogens with one attached hydrogen (secondary N) is 1. The molecule has 2 fully saturated rings. The van der Waals surface area contributed by atoms with Crippen LogP contribution in [-0.2, 0) is 7.05 Å². The Hall–Kier alpha value is -1.86. The van der Waals surface area contributed by atoms with E-state index in [0.717, 1.165) is 25.7 Å². The molecule has 0 aromatic carbocycles. The molecule has 3 N–H and O–H groups in total. The number of hydrogen-bond donors (Lipinski definition) is 2. The number of carbonyl (C=O) groups is 1. The first kappa shape index (κ1) is 18.9. The van der Waals surface area contributed by atoms with E-state index in [2.05, 4.69) is 10.3 Å². The third kappa shape index (κ3) is 3.03. The quantitative estimate of drug-likeness (QED) is 0.828. The fraction of sp³-hybridized carbons (Fsp3) is 0.611. The lowest BCUT2D eigenvalue weighted by atomic mass is 9.67. The van der Waals surface area contributed by atoms with Gasteiger partial charge in [-0.05, 0) is 44.4 Å². The van der Waals surface area contributed by atoms with Crippen LogP contribution in [0.3, 0.4) is 0 Å². The number of hydrogen-bond acceptors (Lipinski definition) is 5. The summed E-state index contributed by atoms with van der Waals surface area (Å²) in [5, 5.41) is 3.45. The van der Waals surface area contributed by atoms with Crippen LogP contribution in [0.1, 0.15) is 48.2 Å². The normalized spacial score (nSPS) is 27.8. The van der Waals surface area contributed by atoms with Crippen molar-refractivity contribution in [2.24, 2.45) is 24.6 Å². The minimum atomic E-state index is -0.266. The lowest BCUT2D eigenvalue weighted by Gasteiger charge is -2.45. The van der Waals surface area contributed by atoms with Gasteiger partial charge in [-0.1, -0.05) is 6.42 Å². The van der Waals surface area contributed by atoms with Crippen LogP contribution in [0.25, 0.3) is 11.1 Å². The average molecular weight is 381 g/mol. The molecule has 26 heavy (non-hydrogen) atoms. The van der Waals surface area contributed by atoms with E-state index in [1.165, 1.54) is 17.3 Å². The van der Waals surface area contributed by atoms with Crippen molar-refractivity contribution in [3.8, 4) is 0 Å². The molecule has 2 aromatic heterocycles. The molecular weight excluding hydrogens is 356 g/mol. The average Bonchev–Trinajstić information content (AvgIpc) is 2.89. The van der Waals surface area contributed by atoms with Crippen molar-refractivity contribution >= 4 is 29.4 Å². The van der Waals surface area contributed by atoms with Gasteiger partial charge in [-0.15, -0.1) is 12.4 Å². The van der Waals surface area contributed by atoms with Gasteiger partial charge in [0, 0.05) is 19.1 Å². The number of furan rings is 1. The van der Waals surface area contributed by atoms with Crippen LogP contribution >= 0.6 is 12.4 Å². The Kier molecular flexibility index (Phi) is 5.12. The van der Waals surface area contributed by atoms with Crippen molar-refractivity contribution in [3.05, 3.63) is 28.0 Å². The highest BCUT2D eigenvalue weighted by atomic mass is 35.5. The summed E-state index contributed by atoms with van der Waals surface area (Å²) in [6.45, 7) is 1.70. The fourth-order valence-corrected chi connectivity index (χ4v) is 4.71. The zero-order valence-electron chi connectivity index (χ0n) is 15.0. The van der Waals surface area contributed by atoms with Crippen molar-refractivity contribution < 1.29 is 9.21 Å². The topological polar surface area (TPSA) is 103 Å². The second-order valence-corrected chi connectivity index (χ2v) is 7.56. The summed E-state index contributed by atoms with van der Waals surface area (Å²) in [6.07, 6.45) is 6.72. The van der Waals surface area contributed by atoms with Gasteiger partial charge in [0.1, 0.15) is 17.5 Å². The number of aryl methyl sites for hydroxylation is 2. The van der Waals surface area contributed by atoms with Gasteiger partial charge in [-0.3, -0.25) is 9.59 Å². The Balaban J connectivity index is 0.00000196. The van der Waals surface area contributed by atoms with Gasteiger partial charge in [-0.25, -0.2) is 4.98 Å². The maximum Gasteiger partial charge on any atom is 0.265 e. The largest absolute Gasteiger partial charge is 0.442 e. The van der Waals surface area contributed by atoms with Gasteiger partial charge in [-0.2, -0.15) is 0 Å². The summed E-state index contributed by atoms with van der Waals surface area (Å²) in [6, 6.07) is 0.363. The van der Waals surface area contributed by atoms with Crippen molar-refractivity contribution in [2.45, 2.75) is 51.1 Å². The summed E-state index contributed by atoms with van der Waals surface area (Å²) < 4.78 is 6.91. The van der Waals surface area contributed by atoms with E-state index in [9.17, 15) is 9.59 Å². The SMILES string of the molecule is Cc1oc2ncn(C)c(=O)c2c1C(=O)NC1C2CCCC1CC(N)C2.Cl. The number of nitrogens with two attached hydrogens (primary N) is 1. The molecule has 2 unspecified atom stereocenters. The molecule has 0 aliphatic heterocycles. The van der Waals surface area contributed by atoms with E-state index < -0.39 is 0 Å². The summed E-state index contributed by atoms with van der Waals surface area (Å²) in [5.41, 5.74) is 6.44. The van der Waals surface area contributed by atoms with Crippen molar-refractivity contribution in [1.82, 2.24) is 14.9 Å². The van der Waals surface area contributed by atoms with E-state index in [4.69, 9.17) is 10.2 Å². The Labute approximate surface area is 157 Å². The summed E-state index contributed by atoms with van der Waals surface area (Å²) in [5.74, 6) is 1.04. The predicted octanol–water partition coefficient (Wildman–Crippen LogP) is 1.89. The maximum absolute atomic E-state index is 13.0. The zero-order valence-corrected chi connectivity index (χ0v) is 15.8. The number of halogens is 1. The fourth-order valence-electron chi connectivity index (χ4n) is 4.71. The summed E-state index contributed by atoms with van der Waals surface area (Å²) in [4.78, 5) is 29.6. The predicted molar refractivity (Wildman–Crippen MR) is 101 cm³/mol. The molecule has 2 aliphatic carbocycles. The molecule has 2 saturated carbocycles. The van der Waals surface area contributed by atoms with E-state index in [0.29, 0.717) is 23.2 Å². The molecule has 2 aliphatic rings. The lowest BCUT2D eigenvalue weighted by Crippen LogP contribution is -2.53. The van der Waals surface area contributed by atoms with Crippen LogP contribution < -0.4 is 16.6 Å². The second-order valence-electron chi connectivity index (χ2n) is 7.56. The number of carbonyl (C=O) groups excluding carboxylic acids is 1. The first-order chi connectivity index (χ1) is 12.0. The Morgan fingerprint density at radius 3 is 2.65 bits per heavy atom. The van der Waals surface area contributed by atoms with Crippen molar-refractivity contribution in [3.63, 3.8) is 0 Å². The lowest BCUT2D eigenvalue weighted by molar-refractivity contribution is 0.0756. The summed E-state index contributed by atoms with van der Waals surface area (Å²) >= 11 is 0. The van der Waals surface area contributed by atoms with E-state index in [-0.39, 0.29) is 47.1 Å². The van der Waals surface area contributed by atoms with E-state index >= 15 is 0 Å². The molecule has 2 bridgehead atoms. The molecule has 8 heteroatoms. The van der Waals surface area contributed by atoms with Crippen LogP contribution in [-0.4, -0.2) is 27.5 Å². The van der Waals surface area contributed by atoms with Crippen LogP contribution in [0.5, 0.6) is 0 Å². The Bertz CT molecular complexity index is 876. The number of nitrogens with zero attached hydrogens (tertiary/aromatic N) is 2. The number of amides is 1. The minimum Gasteiger partial charge on any atom is -0.442 e. The van der Waals surface area contributed by atoms with Crippen LogP contribution in [0, 0.1) is 18.8 Å². The van der Waals surface area contributed by atoms with Crippen molar-refractivity contribution in [1.29, 1.82) is 0 Å². The van der Waals surface area contributed by atoms with Gasteiger partial charge >= 0.3 is 0 Å². The number of aromatic nitrogens is 2. The standard InChI is InChI=1S/C18H24N4O3.ClH/c1-9-13(14-17(25-9)20-8-22(2)18(14)24)16(23)21-15-10-4-3-5-11(15)7-12(19)6-10;/h8,10-12,15H,3-7,19H2,1-2H3,(H,21,23);1H. The van der Waals surface area contributed by atoms with E-state index in [1.54, 1.807) is 14.0 Å². The van der Waals surface area contributed by atoms with Gasteiger partial charge in [0.05, 0.1) is 5.56 Å². The third-order valence-electron chi connectivity index (χ3n) is 5.85. The van der Waals surface area contributed by atoms with E-state index in [1.807, 2.05) is 0 Å². The van der Waals surface area contributed by atoms with Gasteiger partial charge < -0.3 is 20.0 Å². The van der Waals surface area contributed by atoms with Crippen molar-refractivity contribution in [2.75, 3.05) is 0 Å². The molecule has 0 saturated heterocycles. The molecule has 4 rings (SSSR count). The highest BCUT2D eigenvalue weighted by Gasteiger charge is 2.40. The molecule has 0 spiro atoms. The van der Waals surface area contributed by atoms with Crippen LogP contribution in [0.2, 0.25) is 0 Å². The molecular formula is C18H25ClN4O3. The first-order valence-electron chi connectivity index (χ1n) is 8.97. The Morgan fingerprint density at radius 2 is 2.00 bits per heavy atom. The molecule has 2 aromatic rings. The van der Waals surface area contributed by atoms with Gasteiger partial charge in [0.25, 0.3) is 11.5 Å². The monoisotopic (exact) mass is 380 g/mol. The zero-order chi connectivity index (χ0) is 17.7. The molecule has 1 amide bonds.